The molecule has 154 valence electrons. The van der Waals surface area contributed by atoms with Gasteiger partial charge in [-0.25, -0.2) is 9.37 Å². The molecule has 0 radical (unpaired) electrons. The largest absolute Gasteiger partial charge is 0.489 e. The Kier molecular flexibility index (Phi) is 8.91. The zero-order valence-corrected chi connectivity index (χ0v) is 18.7. The number of nitrogens with zero attached hydrogens (tertiary/aromatic N) is 3. The number of nitrogens with one attached hydrogen (secondary N) is 1. The number of oxazole rings is 1. The summed E-state index contributed by atoms with van der Waals surface area (Å²) in [6, 6.07) is 16.1. The van der Waals surface area contributed by atoms with Crippen molar-refractivity contribution in [1.82, 2.24) is 15.2 Å². The molecule has 0 aliphatic heterocycles. The lowest BCUT2D eigenvalue weighted by Crippen LogP contribution is -2.40. The van der Waals surface area contributed by atoms with Crippen LogP contribution in [0.2, 0.25) is 0 Å². The van der Waals surface area contributed by atoms with Crippen LogP contribution in [0.3, 0.4) is 0 Å². The Morgan fingerprint density at radius 3 is 2.62 bits per heavy atom. The van der Waals surface area contributed by atoms with Gasteiger partial charge in [-0.3, -0.25) is 4.99 Å². The fraction of sp³-hybridized carbons (Fsp3) is 0.238. The SMILES string of the molecule is CN=C(NCc1coc(-c2ccccc2)n1)N(C)CCOc1ccccc1F.I. The zero-order chi connectivity index (χ0) is 19.8. The molecule has 1 N–H and O–H groups in total. The highest BCUT2D eigenvalue weighted by molar-refractivity contribution is 14.0. The lowest BCUT2D eigenvalue weighted by Gasteiger charge is -2.21. The molecule has 1 aromatic heterocycles. The number of guanidine groups is 1. The molecule has 0 amide bonds. The van der Waals surface area contributed by atoms with Crippen molar-refractivity contribution in [2.45, 2.75) is 6.54 Å². The van der Waals surface area contributed by atoms with Crippen LogP contribution in [0.5, 0.6) is 5.75 Å². The van der Waals surface area contributed by atoms with E-state index in [-0.39, 0.29) is 35.5 Å². The van der Waals surface area contributed by atoms with Gasteiger partial charge in [-0.2, -0.15) is 0 Å². The number of rotatable bonds is 7. The molecule has 0 saturated carbocycles. The molecule has 0 aliphatic rings. The first-order chi connectivity index (χ1) is 13.7. The van der Waals surface area contributed by atoms with Crippen molar-refractivity contribution in [3.63, 3.8) is 0 Å². The van der Waals surface area contributed by atoms with Gasteiger partial charge in [-0.05, 0) is 24.3 Å². The molecule has 1 heterocycles. The number of hydrogen-bond donors (Lipinski definition) is 1. The maximum atomic E-state index is 13.6. The van der Waals surface area contributed by atoms with Gasteiger partial charge in [0.25, 0.3) is 0 Å². The van der Waals surface area contributed by atoms with Gasteiger partial charge in [0.15, 0.2) is 17.5 Å². The smallest absolute Gasteiger partial charge is 0.226 e. The molecule has 8 heteroatoms. The van der Waals surface area contributed by atoms with E-state index in [1.165, 1.54) is 6.07 Å². The molecule has 0 bridgehead atoms. The van der Waals surface area contributed by atoms with Crippen LogP contribution in [0.4, 0.5) is 4.39 Å². The number of benzene rings is 2. The van der Waals surface area contributed by atoms with Crippen molar-refractivity contribution in [2.75, 3.05) is 27.2 Å². The first-order valence-electron chi connectivity index (χ1n) is 8.96. The average molecular weight is 510 g/mol. The van der Waals surface area contributed by atoms with Crippen LogP contribution in [0.25, 0.3) is 11.5 Å². The van der Waals surface area contributed by atoms with Gasteiger partial charge >= 0.3 is 0 Å². The summed E-state index contributed by atoms with van der Waals surface area (Å²) in [5.74, 6) is 1.14. The predicted octanol–water partition coefficient (Wildman–Crippen LogP) is 4.18. The van der Waals surface area contributed by atoms with E-state index in [0.29, 0.717) is 31.5 Å². The Balaban J connectivity index is 0.00000300. The minimum atomic E-state index is -0.368. The fourth-order valence-electron chi connectivity index (χ4n) is 2.62. The van der Waals surface area contributed by atoms with E-state index in [9.17, 15) is 4.39 Å². The standard InChI is InChI=1S/C21H23FN4O2.HI/c1-23-21(26(2)12-13-27-19-11-7-6-10-18(19)22)24-14-17-15-28-20(25-17)16-8-4-3-5-9-16;/h3-11,15H,12-14H2,1-2H3,(H,23,24);1H. The highest BCUT2D eigenvalue weighted by Gasteiger charge is 2.10. The molecule has 0 aliphatic carbocycles. The van der Waals surface area contributed by atoms with E-state index in [1.807, 2.05) is 42.3 Å². The van der Waals surface area contributed by atoms with Crippen molar-refractivity contribution in [1.29, 1.82) is 0 Å². The molecule has 0 spiro atoms. The molecule has 0 atom stereocenters. The quantitative estimate of drug-likeness (QED) is 0.294. The Morgan fingerprint density at radius 2 is 1.90 bits per heavy atom. The van der Waals surface area contributed by atoms with Gasteiger partial charge < -0.3 is 19.4 Å². The molecule has 3 aromatic rings. The van der Waals surface area contributed by atoms with Crippen LogP contribution in [-0.4, -0.2) is 43.1 Å². The summed E-state index contributed by atoms with van der Waals surface area (Å²) in [6.07, 6.45) is 1.63. The third-order valence-corrected chi connectivity index (χ3v) is 4.09. The Morgan fingerprint density at radius 1 is 1.17 bits per heavy atom. The summed E-state index contributed by atoms with van der Waals surface area (Å²) in [5, 5.41) is 3.23. The Bertz CT molecular complexity index is 918. The second-order valence-electron chi connectivity index (χ2n) is 6.11. The Labute approximate surface area is 186 Å². The molecule has 0 unspecified atom stereocenters. The van der Waals surface area contributed by atoms with E-state index >= 15 is 0 Å². The van der Waals surface area contributed by atoms with Crippen LogP contribution >= 0.6 is 24.0 Å². The van der Waals surface area contributed by atoms with Crippen LogP contribution in [0, 0.1) is 5.82 Å². The summed E-state index contributed by atoms with van der Waals surface area (Å²) < 4.78 is 24.6. The van der Waals surface area contributed by atoms with Crippen molar-refractivity contribution in [3.05, 3.63) is 72.4 Å². The maximum absolute atomic E-state index is 13.6. The Hall–Kier alpha value is -2.62. The third-order valence-electron chi connectivity index (χ3n) is 4.09. The van der Waals surface area contributed by atoms with E-state index in [4.69, 9.17) is 9.15 Å². The van der Waals surface area contributed by atoms with E-state index in [0.717, 1.165) is 11.3 Å². The summed E-state index contributed by atoms with van der Waals surface area (Å²) in [4.78, 5) is 10.6. The molecule has 6 nitrogen and oxygen atoms in total. The molecular weight excluding hydrogens is 486 g/mol. The average Bonchev–Trinajstić information content (AvgIpc) is 3.20. The van der Waals surface area contributed by atoms with Crippen LogP contribution in [0.15, 0.2) is 70.3 Å². The number of ether oxygens (including phenoxy) is 1. The lowest BCUT2D eigenvalue weighted by molar-refractivity contribution is 0.270. The number of likely N-dealkylation sites (N-methyl/N-ethyl adjacent to an activating group) is 1. The van der Waals surface area contributed by atoms with E-state index < -0.39 is 0 Å². The van der Waals surface area contributed by atoms with Gasteiger partial charge in [0.2, 0.25) is 5.89 Å². The van der Waals surface area contributed by atoms with Gasteiger partial charge in [-0.15, -0.1) is 24.0 Å². The van der Waals surface area contributed by atoms with Crippen LogP contribution in [-0.2, 0) is 6.54 Å². The lowest BCUT2D eigenvalue weighted by atomic mass is 10.2. The van der Waals surface area contributed by atoms with Crippen LogP contribution < -0.4 is 10.1 Å². The number of para-hydroxylation sites is 1. The van der Waals surface area contributed by atoms with Crippen molar-refractivity contribution in [3.8, 4) is 17.2 Å². The summed E-state index contributed by atoms with van der Waals surface area (Å²) in [7, 11) is 3.59. The van der Waals surface area contributed by atoms with Gasteiger partial charge in [-0.1, -0.05) is 30.3 Å². The zero-order valence-electron chi connectivity index (χ0n) is 16.3. The monoisotopic (exact) mass is 510 g/mol. The van der Waals surface area contributed by atoms with Gasteiger partial charge in [0, 0.05) is 19.7 Å². The van der Waals surface area contributed by atoms with Crippen molar-refractivity contribution < 1.29 is 13.5 Å². The second kappa shape index (κ2) is 11.4. The third kappa shape index (κ3) is 6.45. The summed E-state index contributed by atoms with van der Waals surface area (Å²) in [6.45, 7) is 1.35. The number of hydrogen-bond acceptors (Lipinski definition) is 4. The summed E-state index contributed by atoms with van der Waals surface area (Å²) in [5.41, 5.74) is 1.71. The molecule has 29 heavy (non-hydrogen) atoms. The van der Waals surface area contributed by atoms with Crippen LogP contribution in [0.1, 0.15) is 5.69 Å². The first-order valence-corrected chi connectivity index (χ1v) is 8.96. The summed E-state index contributed by atoms with van der Waals surface area (Å²) >= 11 is 0. The topological polar surface area (TPSA) is 62.9 Å². The fourth-order valence-corrected chi connectivity index (χ4v) is 2.62. The van der Waals surface area contributed by atoms with Crippen molar-refractivity contribution >= 4 is 29.9 Å². The maximum Gasteiger partial charge on any atom is 0.226 e. The number of aliphatic imine (C=N–C) groups is 1. The minimum absolute atomic E-state index is 0. The van der Waals surface area contributed by atoms with Gasteiger partial charge in [0.1, 0.15) is 12.9 Å². The highest BCUT2D eigenvalue weighted by atomic mass is 127. The second-order valence-corrected chi connectivity index (χ2v) is 6.11. The highest BCUT2D eigenvalue weighted by Crippen LogP contribution is 2.18. The normalized spacial score (nSPS) is 10.9. The molecule has 2 aromatic carbocycles. The van der Waals surface area contributed by atoms with E-state index in [1.54, 1.807) is 31.5 Å². The minimum Gasteiger partial charge on any atom is -0.489 e. The predicted molar refractivity (Wildman–Crippen MR) is 122 cm³/mol. The molecular formula is C21H24FIN4O2. The van der Waals surface area contributed by atoms with Gasteiger partial charge in [0.05, 0.1) is 18.8 Å². The first kappa shape index (κ1) is 22.7. The molecule has 0 fully saturated rings. The molecule has 3 rings (SSSR count). The number of aromatic nitrogens is 1. The molecule has 0 saturated heterocycles. The number of halogens is 2. The van der Waals surface area contributed by atoms with Crippen molar-refractivity contribution in [2.24, 2.45) is 4.99 Å². The van der Waals surface area contributed by atoms with E-state index in [2.05, 4.69) is 15.3 Å².